The van der Waals surface area contributed by atoms with Crippen LogP contribution >= 0.6 is 0 Å². The number of ether oxygens (including phenoxy) is 1. The van der Waals surface area contributed by atoms with Crippen LogP contribution in [0.5, 0.6) is 5.75 Å². The number of fused-ring (bicyclic) bond motifs is 1. The molecule has 0 unspecified atom stereocenters. The van der Waals surface area contributed by atoms with Crippen molar-refractivity contribution in [1.29, 1.82) is 0 Å². The maximum absolute atomic E-state index is 14.3. The third-order valence-corrected chi connectivity index (χ3v) is 7.77. The van der Waals surface area contributed by atoms with Crippen LogP contribution in [0.1, 0.15) is 52.6 Å². The van der Waals surface area contributed by atoms with Crippen molar-refractivity contribution in [3.63, 3.8) is 0 Å². The standard InChI is InChI=1S/C30H32F3N5O2/c1-18-6-8-22(9-7-18)21(4)36-14-15-37(19(2)17-36)29(39)25-16-34-38-27(30(31,32)33)20(3)26(35-28(25)38)23-10-12-24(40-5)13-11-23/h6-13,16,19,21H,14-15,17H2,1-5H3/t19-,21+/m1/s1. The van der Waals surface area contributed by atoms with Gasteiger partial charge in [-0.15, -0.1) is 0 Å². The summed E-state index contributed by atoms with van der Waals surface area (Å²) in [6, 6.07) is 15.1. The van der Waals surface area contributed by atoms with Crippen molar-refractivity contribution < 1.29 is 22.7 Å². The van der Waals surface area contributed by atoms with Crippen molar-refractivity contribution in [2.24, 2.45) is 0 Å². The quantitative estimate of drug-likeness (QED) is 0.307. The second-order valence-corrected chi connectivity index (χ2v) is 10.4. The van der Waals surface area contributed by atoms with E-state index in [2.05, 4.69) is 53.1 Å². The van der Waals surface area contributed by atoms with E-state index in [4.69, 9.17) is 4.74 Å². The SMILES string of the molecule is COc1ccc(-c2nc3c(C(=O)N4CCN([C@@H](C)c5ccc(C)cc5)C[C@H]4C)cnn3c(C(F)(F)F)c2C)cc1. The first-order valence-electron chi connectivity index (χ1n) is 13.2. The van der Waals surface area contributed by atoms with Crippen LogP contribution in [0, 0.1) is 13.8 Å². The number of methoxy groups -OCH3 is 1. The maximum Gasteiger partial charge on any atom is 0.433 e. The Kier molecular flexibility index (Phi) is 7.31. The number of amides is 1. The van der Waals surface area contributed by atoms with Gasteiger partial charge in [0.25, 0.3) is 5.91 Å². The molecule has 1 aliphatic heterocycles. The Balaban J connectivity index is 1.48. The predicted octanol–water partition coefficient (Wildman–Crippen LogP) is 5.95. The van der Waals surface area contributed by atoms with Crippen LogP contribution in [0.25, 0.3) is 16.9 Å². The van der Waals surface area contributed by atoms with Crippen LogP contribution in [0.3, 0.4) is 0 Å². The zero-order chi connectivity index (χ0) is 28.8. The van der Waals surface area contributed by atoms with Gasteiger partial charge in [-0.25, -0.2) is 9.50 Å². The monoisotopic (exact) mass is 551 g/mol. The summed E-state index contributed by atoms with van der Waals surface area (Å²) in [5.41, 5.74) is 1.93. The second-order valence-electron chi connectivity index (χ2n) is 10.4. The topological polar surface area (TPSA) is 63.0 Å². The highest BCUT2D eigenvalue weighted by Crippen LogP contribution is 2.37. The van der Waals surface area contributed by atoms with E-state index in [0.29, 0.717) is 30.9 Å². The van der Waals surface area contributed by atoms with E-state index in [0.717, 1.165) is 4.52 Å². The molecule has 1 aliphatic rings. The number of hydrogen-bond acceptors (Lipinski definition) is 5. The molecule has 2 aromatic carbocycles. The molecular weight excluding hydrogens is 519 g/mol. The summed E-state index contributed by atoms with van der Waals surface area (Å²) in [6.45, 7) is 9.24. The van der Waals surface area contributed by atoms with Gasteiger partial charge in [0.15, 0.2) is 11.3 Å². The molecule has 1 amide bonds. The van der Waals surface area contributed by atoms with Crippen molar-refractivity contribution >= 4 is 11.6 Å². The minimum absolute atomic E-state index is 0.0483. The van der Waals surface area contributed by atoms with Crippen LogP contribution in [0.2, 0.25) is 0 Å². The number of nitrogens with zero attached hydrogens (tertiary/aromatic N) is 5. The lowest BCUT2D eigenvalue weighted by Crippen LogP contribution is -2.54. The largest absolute Gasteiger partial charge is 0.497 e. The number of piperazine rings is 1. The molecule has 40 heavy (non-hydrogen) atoms. The van der Waals surface area contributed by atoms with Crippen LogP contribution in [-0.4, -0.2) is 63.1 Å². The van der Waals surface area contributed by atoms with E-state index in [1.54, 1.807) is 29.2 Å². The maximum atomic E-state index is 14.3. The lowest BCUT2D eigenvalue weighted by molar-refractivity contribution is -0.143. The van der Waals surface area contributed by atoms with Crippen LogP contribution in [-0.2, 0) is 6.18 Å². The fourth-order valence-corrected chi connectivity index (χ4v) is 5.44. The first-order valence-corrected chi connectivity index (χ1v) is 13.2. The molecule has 2 atom stereocenters. The van der Waals surface area contributed by atoms with Gasteiger partial charge in [-0.3, -0.25) is 9.69 Å². The summed E-state index contributed by atoms with van der Waals surface area (Å²) in [6.07, 6.45) is -3.50. The Morgan fingerprint density at radius 2 is 1.73 bits per heavy atom. The Morgan fingerprint density at radius 1 is 1.05 bits per heavy atom. The normalized spacial score (nSPS) is 17.3. The zero-order valence-electron chi connectivity index (χ0n) is 23.2. The number of carbonyl (C=O) groups is 1. The highest BCUT2D eigenvalue weighted by Gasteiger charge is 2.39. The number of aryl methyl sites for hydroxylation is 1. The highest BCUT2D eigenvalue weighted by atomic mass is 19.4. The lowest BCUT2D eigenvalue weighted by atomic mass is 10.0. The Morgan fingerprint density at radius 3 is 2.33 bits per heavy atom. The van der Waals surface area contributed by atoms with Gasteiger partial charge in [0.05, 0.1) is 19.0 Å². The number of benzene rings is 2. The average molecular weight is 552 g/mol. The van der Waals surface area contributed by atoms with Gasteiger partial charge in [-0.1, -0.05) is 29.8 Å². The fraction of sp³-hybridized carbons (Fsp3) is 0.367. The molecule has 0 radical (unpaired) electrons. The Labute approximate surface area is 231 Å². The van der Waals surface area contributed by atoms with E-state index in [-0.39, 0.29) is 40.5 Å². The number of aromatic nitrogens is 3. The van der Waals surface area contributed by atoms with Gasteiger partial charge in [-0.2, -0.15) is 18.3 Å². The summed E-state index contributed by atoms with van der Waals surface area (Å²) in [5.74, 6) is 0.193. The molecule has 3 heterocycles. The summed E-state index contributed by atoms with van der Waals surface area (Å²) >= 11 is 0. The van der Waals surface area contributed by atoms with Crippen LogP contribution in [0.15, 0.2) is 54.7 Å². The Hall–Kier alpha value is -3.92. The molecule has 0 aliphatic carbocycles. The number of carbonyl (C=O) groups excluding carboxylic acids is 1. The summed E-state index contributed by atoms with van der Waals surface area (Å²) in [5, 5.41) is 4.00. The minimum atomic E-state index is -4.70. The van der Waals surface area contributed by atoms with Gasteiger partial charge in [0, 0.05) is 42.8 Å². The van der Waals surface area contributed by atoms with Crippen LogP contribution < -0.4 is 4.74 Å². The predicted molar refractivity (Wildman–Crippen MR) is 146 cm³/mol. The summed E-state index contributed by atoms with van der Waals surface area (Å²) in [4.78, 5) is 22.4. The van der Waals surface area contributed by atoms with E-state index in [9.17, 15) is 18.0 Å². The van der Waals surface area contributed by atoms with Gasteiger partial charge >= 0.3 is 6.18 Å². The fourth-order valence-electron chi connectivity index (χ4n) is 5.44. The van der Waals surface area contributed by atoms with Crippen molar-refractivity contribution in [2.45, 2.75) is 46.0 Å². The van der Waals surface area contributed by atoms with E-state index >= 15 is 0 Å². The van der Waals surface area contributed by atoms with Gasteiger partial charge in [0.1, 0.15) is 11.3 Å². The van der Waals surface area contributed by atoms with Crippen molar-refractivity contribution in [3.05, 3.63) is 82.7 Å². The Bertz CT molecular complexity index is 1530. The molecular formula is C30H32F3N5O2. The molecule has 1 saturated heterocycles. The molecule has 2 aromatic heterocycles. The van der Waals surface area contributed by atoms with Gasteiger partial charge in [0.2, 0.25) is 0 Å². The first-order chi connectivity index (χ1) is 19.0. The van der Waals surface area contributed by atoms with Crippen molar-refractivity contribution in [2.75, 3.05) is 26.7 Å². The lowest BCUT2D eigenvalue weighted by Gasteiger charge is -2.42. The van der Waals surface area contributed by atoms with E-state index in [1.807, 2.05) is 6.92 Å². The smallest absolute Gasteiger partial charge is 0.433 e. The average Bonchev–Trinajstić information content (AvgIpc) is 3.34. The molecule has 4 aromatic rings. The van der Waals surface area contributed by atoms with Crippen molar-refractivity contribution in [3.8, 4) is 17.0 Å². The summed E-state index contributed by atoms with van der Waals surface area (Å²) in [7, 11) is 1.51. The molecule has 210 valence electrons. The molecule has 7 nitrogen and oxygen atoms in total. The molecule has 0 saturated carbocycles. The molecule has 0 N–H and O–H groups in total. The highest BCUT2D eigenvalue weighted by molar-refractivity contribution is 6.00. The third kappa shape index (κ3) is 5.03. The van der Waals surface area contributed by atoms with Gasteiger partial charge < -0.3 is 9.64 Å². The molecule has 1 fully saturated rings. The van der Waals surface area contributed by atoms with Gasteiger partial charge in [-0.05, 0) is 57.5 Å². The third-order valence-electron chi connectivity index (χ3n) is 7.77. The van der Waals surface area contributed by atoms with Crippen molar-refractivity contribution in [1.82, 2.24) is 24.4 Å². The molecule has 10 heteroatoms. The number of rotatable bonds is 5. The molecule has 0 bridgehead atoms. The number of hydrogen-bond donors (Lipinski definition) is 0. The molecule has 0 spiro atoms. The minimum Gasteiger partial charge on any atom is -0.497 e. The summed E-state index contributed by atoms with van der Waals surface area (Å²) < 4.78 is 48.8. The van der Waals surface area contributed by atoms with Crippen LogP contribution in [0.4, 0.5) is 13.2 Å². The number of alkyl halides is 3. The first kappa shape index (κ1) is 27.6. The molecule has 5 rings (SSSR count). The number of halogens is 3. The zero-order valence-corrected chi connectivity index (χ0v) is 23.2. The van der Waals surface area contributed by atoms with E-state index in [1.165, 1.54) is 31.4 Å². The second kappa shape index (κ2) is 10.6. The van der Waals surface area contributed by atoms with E-state index < -0.39 is 11.9 Å².